The highest BCUT2D eigenvalue weighted by molar-refractivity contribution is 5.76. The second-order valence-electron chi connectivity index (χ2n) is 7.93. The number of amides is 1. The fraction of sp³-hybridized carbons (Fsp3) is 0.480. The van der Waals surface area contributed by atoms with Crippen LogP contribution in [-0.4, -0.2) is 48.5 Å². The maximum atomic E-state index is 12.8. The van der Waals surface area contributed by atoms with Gasteiger partial charge in [0.15, 0.2) is 0 Å². The van der Waals surface area contributed by atoms with E-state index in [2.05, 4.69) is 59.2 Å². The van der Waals surface area contributed by atoms with Gasteiger partial charge in [0.1, 0.15) is 5.75 Å². The molecule has 0 bridgehead atoms. The molecule has 0 radical (unpaired) electrons. The molecule has 1 heterocycles. The SMILES string of the molecule is CCCC(=O)N(Cc1ccc(OC)cc1)C1CCN(CCc2ccccc2)CC1. The molecule has 1 saturated heterocycles. The Morgan fingerprint density at radius 1 is 1.03 bits per heavy atom. The van der Waals surface area contributed by atoms with Crippen LogP contribution in [0.15, 0.2) is 54.6 Å². The number of piperidine rings is 1. The number of methoxy groups -OCH3 is 1. The van der Waals surface area contributed by atoms with Crippen molar-refractivity contribution in [3.05, 3.63) is 65.7 Å². The molecule has 1 aliphatic heterocycles. The third-order valence-corrected chi connectivity index (χ3v) is 5.85. The zero-order valence-corrected chi connectivity index (χ0v) is 17.8. The van der Waals surface area contributed by atoms with E-state index < -0.39 is 0 Å². The summed E-state index contributed by atoms with van der Waals surface area (Å²) in [5.74, 6) is 1.14. The lowest BCUT2D eigenvalue weighted by Gasteiger charge is -2.39. The van der Waals surface area contributed by atoms with Gasteiger partial charge < -0.3 is 14.5 Å². The third-order valence-electron chi connectivity index (χ3n) is 5.85. The molecule has 2 aromatic carbocycles. The van der Waals surface area contributed by atoms with Crippen molar-refractivity contribution < 1.29 is 9.53 Å². The smallest absolute Gasteiger partial charge is 0.223 e. The Morgan fingerprint density at radius 2 is 1.72 bits per heavy atom. The van der Waals surface area contributed by atoms with Gasteiger partial charge in [-0.1, -0.05) is 49.4 Å². The molecule has 3 rings (SSSR count). The molecule has 0 spiro atoms. The lowest BCUT2D eigenvalue weighted by molar-refractivity contribution is -0.135. The lowest BCUT2D eigenvalue weighted by Crippen LogP contribution is -2.47. The molecule has 1 aliphatic rings. The Hall–Kier alpha value is -2.33. The zero-order chi connectivity index (χ0) is 20.5. The number of rotatable bonds is 9. The molecule has 0 aliphatic carbocycles. The van der Waals surface area contributed by atoms with Crippen LogP contribution < -0.4 is 4.74 Å². The summed E-state index contributed by atoms with van der Waals surface area (Å²) in [6, 6.07) is 19.1. The number of carbonyl (C=O) groups excluding carboxylic acids is 1. The van der Waals surface area contributed by atoms with E-state index in [1.54, 1.807) is 7.11 Å². The molecule has 1 amide bonds. The van der Waals surface area contributed by atoms with Gasteiger partial charge in [0.2, 0.25) is 5.91 Å². The van der Waals surface area contributed by atoms with Gasteiger partial charge in [-0.05, 0) is 48.9 Å². The predicted molar refractivity (Wildman–Crippen MR) is 118 cm³/mol. The molecule has 0 saturated carbocycles. The van der Waals surface area contributed by atoms with Crippen molar-refractivity contribution >= 4 is 5.91 Å². The maximum absolute atomic E-state index is 12.8. The first kappa shape index (κ1) is 21.4. The number of ether oxygens (including phenoxy) is 1. The van der Waals surface area contributed by atoms with E-state index in [9.17, 15) is 4.79 Å². The fourth-order valence-corrected chi connectivity index (χ4v) is 4.09. The van der Waals surface area contributed by atoms with Gasteiger partial charge >= 0.3 is 0 Å². The molecule has 4 nitrogen and oxygen atoms in total. The molecule has 29 heavy (non-hydrogen) atoms. The summed E-state index contributed by atoms with van der Waals surface area (Å²) in [7, 11) is 1.68. The lowest BCUT2D eigenvalue weighted by atomic mass is 10.0. The van der Waals surface area contributed by atoms with Crippen molar-refractivity contribution in [2.75, 3.05) is 26.7 Å². The van der Waals surface area contributed by atoms with Crippen LogP contribution in [0.5, 0.6) is 5.75 Å². The van der Waals surface area contributed by atoms with Crippen LogP contribution in [0.25, 0.3) is 0 Å². The number of benzene rings is 2. The highest BCUT2D eigenvalue weighted by atomic mass is 16.5. The molecule has 0 N–H and O–H groups in total. The molecule has 1 fully saturated rings. The Morgan fingerprint density at radius 3 is 2.34 bits per heavy atom. The minimum absolute atomic E-state index is 0.283. The number of nitrogens with zero attached hydrogens (tertiary/aromatic N) is 2. The molecule has 0 unspecified atom stereocenters. The Bertz CT molecular complexity index is 737. The summed E-state index contributed by atoms with van der Waals surface area (Å²) in [6.07, 6.45) is 4.73. The summed E-state index contributed by atoms with van der Waals surface area (Å²) < 4.78 is 5.26. The summed E-state index contributed by atoms with van der Waals surface area (Å²) >= 11 is 0. The predicted octanol–water partition coefficient (Wildman–Crippen LogP) is 4.53. The Labute approximate surface area is 175 Å². The second kappa shape index (κ2) is 11.0. The number of hydrogen-bond donors (Lipinski definition) is 0. The van der Waals surface area contributed by atoms with Gasteiger partial charge in [0.05, 0.1) is 7.11 Å². The van der Waals surface area contributed by atoms with Gasteiger partial charge in [-0.2, -0.15) is 0 Å². The van der Waals surface area contributed by atoms with E-state index in [0.717, 1.165) is 51.1 Å². The average Bonchev–Trinajstić information content (AvgIpc) is 2.78. The van der Waals surface area contributed by atoms with Crippen molar-refractivity contribution in [3.8, 4) is 5.75 Å². The quantitative estimate of drug-likeness (QED) is 0.626. The van der Waals surface area contributed by atoms with Crippen molar-refractivity contribution in [1.82, 2.24) is 9.80 Å². The number of carbonyl (C=O) groups is 1. The standard InChI is InChI=1S/C25H34N2O2/c1-3-7-25(28)27(20-22-10-12-24(29-2)13-11-22)23-15-18-26(19-16-23)17-14-21-8-5-4-6-9-21/h4-6,8-13,23H,3,7,14-20H2,1-2H3. The number of likely N-dealkylation sites (tertiary alicyclic amines) is 1. The van der Waals surface area contributed by atoms with Crippen LogP contribution in [0, 0.1) is 0 Å². The minimum Gasteiger partial charge on any atom is -0.497 e. The Balaban J connectivity index is 1.56. The van der Waals surface area contributed by atoms with Gasteiger partial charge in [-0.15, -0.1) is 0 Å². The molecule has 2 aromatic rings. The first-order chi connectivity index (χ1) is 14.2. The van der Waals surface area contributed by atoms with Crippen molar-refractivity contribution in [2.45, 2.75) is 51.6 Å². The summed E-state index contributed by atoms with van der Waals surface area (Å²) in [4.78, 5) is 17.5. The zero-order valence-electron chi connectivity index (χ0n) is 17.8. The van der Waals surface area contributed by atoms with Crippen molar-refractivity contribution in [3.63, 3.8) is 0 Å². The highest BCUT2D eigenvalue weighted by Crippen LogP contribution is 2.22. The van der Waals surface area contributed by atoms with Crippen molar-refractivity contribution in [1.29, 1.82) is 0 Å². The molecule has 0 atom stereocenters. The first-order valence-electron chi connectivity index (χ1n) is 10.9. The van der Waals surface area contributed by atoms with E-state index >= 15 is 0 Å². The molecular formula is C25H34N2O2. The monoisotopic (exact) mass is 394 g/mol. The van der Waals surface area contributed by atoms with E-state index in [1.165, 1.54) is 11.1 Å². The first-order valence-corrected chi connectivity index (χ1v) is 10.9. The number of hydrogen-bond acceptors (Lipinski definition) is 3. The van der Waals surface area contributed by atoms with E-state index in [1.807, 2.05) is 12.1 Å². The van der Waals surface area contributed by atoms with E-state index in [-0.39, 0.29) is 5.91 Å². The van der Waals surface area contributed by atoms with E-state index in [4.69, 9.17) is 4.74 Å². The normalized spacial score (nSPS) is 15.2. The summed E-state index contributed by atoms with van der Waals surface area (Å²) in [5.41, 5.74) is 2.57. The van der Waals surface area contributed by atoms with Gasteiger partial charge in [0, 0.05) is 38.6 Å². The maximum Gasteiger partial charge on any atom is 0.223 e. The Kier molecular flexibility index (Phi) is 8.12. The van der Waals surface area contributed by atoms with Gasteiger partial charge in [-0.25, -0.2) is 0 Å². The van der Waals surface area contributed by atoms with Crippen LogP contribution >= 0.6 is 0 Å². The topological polar surface area (TPSA) is 32.8 Å². The molecule has 0 aromatic heterocycles. The van der Waals surface area contributed by atoms with Crippen LogP contribution in [-0.2, 0) is 17.8 Å². The van der Waals surface area contributed by atoms with Crippen LogP contribution in [0.1, 0.15) is 43.7 Å². The molecule has 156 valence electrons. The van der Waals surface area contributed by atoms with Crippen LogP contribution in [0.2, 0.25) is 0 Å². The highest BCUT2D eigenvalue weighted by Gasteiger charge is 2.27. The van der Waals surface area contributed by atoms with Crippen molar-refractivity contribution in [2.24, 2.45) is 0 Å². The third kappa shape index (κ3) is 6.33. The summed E-state index contributed by atoms with van der Waals surface area (Å²) in [5, 5.41) is 0. The van der Waals surface area contributed by atoms with E-state index in [0.29, 0.717) is 19.0 Å². The minimum atomic E-state index is 0.283. The average molecular weight is 395 g/mol. The fourth-order valence-electron chi connectivity index (χ4n) is 4.09. The van der Waals surface area contributed by atoms with Gasteiger partial charge in [-0.3, -0.25) is 4.79 Å². The second-order valence-corrected chi connectivity index (χ2v) is 7.93. The largest absolute Gasteiger partial charge is 0.497 e. The molecular weight excluding hydrogens is 360 g/mol. The summed E-state index contributed by atoms with van der Waals surface area (Å²) in [6.45, 7) is 6.00. The van der Waals surface area contributed by atoms with Gasteiger partial charge in [0.25, 0.3) is 0 Å². The molecule has 4 heteroatoms. The van der Waals surface area contributed by atoms with Crippen LogP contribution in [0.3, 0.4) is 0 Å². The van der Waals surface area contributed by atoms with Crippen LogP contribution in [0.4, 0.5) is 0 Å².